The highest BCUT2D eigenvalue weighted by Gasteiger charge is 2.47. The molecule has 2 saturated heterocycles. The van der Waals surface area contributed by atoms with Crippen LogP contribution in [-0.2, 0) is 9.84 Å². The Labute approximate surface area is 119 Å². The second-order valence-corrected chi connectivity index (χ2v) is 8.01. The zero-order chi connectivity index (χ0) is 12.9. The minimum atomic E-state index is -2.96. The number of hydrogen-bond acceptors (Lipinski definition) is 3. The zero-order valence-electron chi connectivity index (χ0n) is 9.34. The second kappa shape index (κ2) is 4.18. The molecule has 1 aromatic rings. The third kappa shape index (κ3) is 2.04. The maximum absolute atomic E-state index is 11.7. The lowest BCUT2D eigenvalue weighted by Crippen LogP contribution is -2.36. The molecule has 2 fully saturated rings. The first-order chi connectivity index (χ1) is 8.46. The average Bonchev–Trinajstić information content (AvgIpc) is 2.68. The molecule has 0 bridgehead atoms. The molecule has 7 heteroatoms. The minimum Gasteiger partial charge on any atom is -0.356 e. The van der Waals surface area contributed by atoms with Crippen molar-refractivity contribution >= 4 is 48.8 Å². The van der Waals surface area contributed by atoms with E-state index in [1.807, 2.05) is 29.2 Å². The van der Waals surface area contributed by atoms with Gasteiger partial charge in [0.1, 0.15) is 0 Å². The molecule has 96 valence electrons. The summed E-state index contributed by atoms with van der Waals surface area (Å²) in [5.74, 6) is 0.333. The highest BCUT2D eigenvalue weighted by atomic mass is 79.9. The molecule has 2 atom stereocenters. The first-order valence-corrected chi connectivity index (χ1v) is 8.54. The van der Waals surface area contributed by atoms with E-state index in [2.05, 4.69) is 21.2 Å². The first-order valence-electron chi connectivity index (χ1n) is 5.52. The number of nitrogens with one attached hydrogen (secondary N) is 1. The van der Waals surface area contributed by atoms with Crippen molar-refractivity contribution in [2.24, 2.45) is 0 Å². The second-order valence-electron chi connectivity index (χ2n) is 4.55. The molecule has 0 aliphatic carbocycles. The van der Waals surface area contributed by atoms with Gasteiger partial charge in [0.25, 0.3) is 0 Å². The van der Waals surface area contributed by atoms with E-state index in [-0.39, 0.29) is 23.6 Å². The smallest absolute Gasteiger partial charge is 0.174 e. The van der Waals surface area contributed by atoms with E-state index in [9.17, 15) is 8.42 Å². The van der Waals surface area contributed by atoms with E-state index in [0.29, 0.717) is 5.11 Å². The molecule has 0 aromatic heterocycles. The van der Waals surface area contributed by atoms with Gasteiger partial charge in [0, 0.05) is 10.2 Å². The number of sulfone groups is 1. The van der Waals surface area contributed by atoms with Gasteiger partial charge in [-0.3, -0.25) is 0 Å². The Kier molecular flexibility index (Phi) is 2.87. The van der Waals surface area contributed by atoms with Gasteiger partial charge in [0.05, 0.1) is 23.6 Å². The van der Waals surface area contributed by atoms with Crippen molar-refractivity contribution in [1.82, 2.24) is 5.32 Å². The Morgan fingerprint density at radius 2 is 2.17 bits per heavy atom. The average molecular weight is 347 g/mol. The lowest BCUT2D eigenvalue weighted by Gasteiger charge is -2.23. The molecule has 2 aliphatic heterocycles. The highest BCUT2D eigenvalue weighted by molar-refractivity contribution is 9.10. The SMILES string of the molecule is O=S1(=O)C[C@@H]2[C@@H](C1)NC(=S)N2c1cccc(Br)c1. The van der Waals surface area contributed by atoms with Crippen LogP contribution in [0.15, 0.2) is 28.7 Å². The van der Waals surface area contributed by atoms with Crippen molar-refractivity contribution in [2.45, 2.75) is 12.1 Å². The fourth-order valence-electron chi connectivity index (χ4n) is 2.53. The minimum absolute atomic E-state index is 0.0820. The monoisotopic (exact) mass is 346 g/mol. The van der Waals surface area contributed by atoms with Crippen molar-refractivity contribution < 1.29 is 8.42 Å². The molecule has 0 saturated carbocycles. The van der Waals surface area contributed by atoms with Gasteiger partial charge in [0.2, 0.25) is 0 Å². The van der Waals surface area contributed by atoms with Crippen LogP contribution in [0.5, 0.6) is 0 Å². The quantitative estimate of drug-likeness (QED) is 0.777. The number of fused-ring (bicyclic) bond motifs is 1. The van der Waals surface area contributed by atoms with Gasteiger partial charge in [-0.05, 0) is 30.4 Å². The van der Waals surface area contributed by atoms with Gasteiger partial charge in [-0.15, -0.1) is 0 Å². The van der Waals surface area contributed by atoms with E-state index in [1.54, 1.807) is 0 Å². The molecule has 2 aliphatic rings. The van der Waals surface area contributed by atoms with Crippen LogP contribution in [0.2, 0.25) is 0 Å². The molecule has 3 rings (SSSR count). The van der Waals surface area contributed by atoms with E-state index in [1.165, 1.54) is 0 Å². The van der Waals surface area contributed by atoms with Crippen molar-refractivity contribution in [3.8, 4) is 0 Å². The molecule has 0 amide bonds. The molecule has 4 nitrogen and oxygen atoms in total. The number of halogens is 1. The topological polar surface area (TPSA) is 49.4 Å². The first kappa shape index (κ1) is 12.4. The van der Waals surface area contributed by atoms with Crippen molar-refractivity contribution in [3.63, 3.8) is 0 Å². The molecular weight excluding hydrogens is 336 g/mol. The molecule has 1 aromatic carbocycles. The fourth-order valence-corrected chi connectivity index (χ4v) is 5.20. The number of anilines is 1. The van der Waals surface area contributed by atoms with Gasteiger partial charge in [-0.1, -0.05) is 22.0 Å². The molecular formula is C11H11BrN2O2S2. The van der Waals surface area contributed by atoms with Gasteiger partial charge < -0.3 is 10.2 Å². The molecule has 0 radical (unpaired) electrons. The lowest BCUT2D eigenvalue weighted by molar-refractivity contribution is 0.600. The van der Waals surface area contributed by atoms with Crippen LogP contribution in [0.1, 0.15) is 0 Å². The Bertz CT molecular complexity index is 617. The number of thiocarbonyl (C=S) groups is 1. The summed E-state index contributed by atoms with van der Waals surface area (Å²) in [6.07, 6.45) is 0. The van der Waals surface area contributed by atoms with E-state index in [4.69, 9.17) is 12.2 Å². The standard InChI is InChI=1S/C11H11BrN2O2S2/c12-7-2-1-3-8(4-7)14-10-6-18(15,16)5-9(10)13-11(14)17/h1-4,9-10H,5-6H2,(H,13,17)/t9-,10-/m1/s1. The maximum atomic E-state index is 11.7. The lowest BCUT2D eigenvalue weighted by atomic mass is 10.1. The van der Waals surface area contributed by atoms with Crippen LogP contribution in [0.4, 0.5) is 5.69 Å². The number of benzene rings is 1. The zero-order valence-corrected chi connectivity index (χ0v) is 12.6. The van der Waals surface area contributed by atoms with E-state index >= 15 is 0 Å². The number of rotatable bonds is 1. The summed E-state index contributed by atoms with van der Waals surface area (Å²) in [5, 5.41) is 3.71. The normalized spacial score (nSPS) is 29.2. The Morgan fingerprint density at radius 3 is 2.89 bits per heavy atom. The van der Waals surface area contributed by atoms with Crippen LogP contribution in [-0.4, -0.2) is 37.1 Å². The van der Waals surface area contributed by atoms with Crippen molar-refractivity contribution in [2.75, 3.05) is 16.4 Å². The molecule has 0 unspecified atom stereocenters. The Morgan fingerprint density at radius 1 is 1.39 bits per heavy atom. The van der Waals surface area contributed by atoms with Crippen LogP contribution in [0.25, 0.3) is 0 Å². The van der Waals surface area contributed by atoms with Crippen LogP contribution in [0.3, 0.4) is 0 Å². The van der Waals surface area contributed by atoms with E-state index < -0.39 is 9.84 Å². The van der Waals surface area contributed by atoms with Crippen molar-refractivity contribution in [3.05, 3.63) is 28.7 Å². The van der Waals surface area contributed by atoms with Crippen LogP contribution in [0, 0.1) is 0 Å². The molecule has 0 spiro atoms. The molecule has 2 heterocycles. The third-order valence-corrected chi connectivity index (χ3v) is 5.79. The van der Waals surface area contributed by atoms with Crippen molar-refractivity contribution in [1.29, 1.82) is 0 Å². The fraction of sp³-hybridized carbons (Fsp3) is 0.364. The van der Waals surface area contributed by atoms with Crippen LogP contribution < -0.4 is 10.2 Å². The van der Waals surface area contributed by atoms with Gasteiger partial charge >= 0.3 is 0 Å². The van der Waals surface area contributed by atoms with Gasteiger partial charge in [-0.25, -0.2) is 8.42 Å². The summed E-state index contributed by atoms with van der Waals surface area (Å²) in [6.45, 7) is 0. The molecule has 1 N–H and O–H groups in total. The Balaban J connectivity index is 1.99. The highest BCUT2D eigenvalue weighted by Crippen LogP contribution is 2.30. The van der Waals surface area contributed by atoms with Crippen LogP contribution >= 0.6 is 28.1 Å². The molecule has 18 heavy (non-hydrogen) atoms. The Hall–Kier alpha value is -0.660. The number of hydrogen-bond donors (Lipinski definition) is 1. The summed E-state index contributed by atoms with van der Waals surface area (Å²) in [6, 6.07) is 7.56. The van der Waals surface area contributed by atoms with E-state index in [0.717, 1.165) is 10.2 Å². The predicted octanol–water partition coefficient (Wildman–Crippen LogP) is 1.31. The number of nitrogens with zero attached hydrogens (tertiary/aromatic N) is 1. The summed E-state index contributed by atoms with van der Waals surface area (Å²) in [7, 11) is -2.96. The maximum Gasteiger partial charge on any atom is 0.174 e. The summed E-state index contributed by atoms with van der Waals surface area (Å²) < 4.78 is 24.3. The summed E-state index contributed by atoms with van der Waals surface area (Å²) >= 11 is 8.72. The third-order valence-electron chi connectivity index (χ3n) is 3.27. The summed E-state index contributed by atoms with van der Waals surface area (Å²) in [5.41, 5.74) is 0.923. The predicted molar refractivity (Wildman–Crippen MR) is 78.6 cm³/mol. The largest absolute Gasteiger partial charge is 0.356 e. The van der Waals surface area contributed by atoms with Gasteiger partial charge in [0.15, 0.2) is 14.9 Å². The summed E-state index contributed by atoms with van der Waals surface area (Å²) in [4.78, 5) is 1.91. The van der Waals surface area contributed by atoms with Gasteiger partial charge in [-0.2, -0.15) is 0 Å².